The van der Waals surface area contributed by atoms with E-state index in [0.717, 1.165) is 32.6 Å². The Hall–Kier alpha value is -0.870. The van der Waals surface area contributed by atoms with Crippen molar-refractivity contribution < 1.29 is 4.74 Å². The van der Waals surface area contributed by atoms with Gasteiger partial charge in [0.25, 0.3) is 0 Å². The minimum absolute atomic E-state index is 0.377. The first-order valence-corrected chi connectivity index (χ1v) is 8.18. The van der Waals surface area contributed by atoms with Gasteiger partial charge in [-0.05, 0) is 38.8 Å². The second-order valence-corrected chi connectivity index (χ2v) is 5.74. The Kier molecular flexibility index (Phi) is 6.54. The summed E-state index contributed by atoms with van der Waals surface area (Å²) >= 11 is 0. The molecule has 20 heavy (non-hydrogen) atoms. The maximum Gasteiger partial charge on any atom is 0.0641 e. The molecule has 1 aliphatic carbocycles. The van der Waals surface area contributed by atoms with Gasteiger partial charge in [0.05, 0.1) is 18.3 Å². The third-order valence-corrected chi connectivity index (χ3v) is 4.02. The molecule has 1 saturated carbocycles. The molecule has 0 radical (unpaired) electrons. The highest BCUT2D eigenvalue weighted by atomic mass is 16.5. The summed E-state index contributed by atoms with van der Waals surface area (Å²) in [5.41, 5.74) is 1.19. The van der Waals surface area contributed by atoms with Crippen molar-refractivity contribution in [1.29, 1.82) is 0 Å². The van der Waals surface area contributed by atoms with Crippen molar-refractivity contribution in [2.24, 2.45) is 0 Å². The lowest BCUT2D eigenvalue weighted by Gasteiger charge is -2.17. The average molecular weight is 279 g/mol. The number of nitrogens with zero attached hydrogens (tertiary/aromatic N) is 2. The van der Waals surface area contributed by atoms with Crippen LogP contribution in [0, 0.1) is 0 Å². The Bertz CT molecular complexity index is 364. The number of ether oxygens (including phenoxy) is 1. The van der Waals surface area contributed by atoms with Crippen LogP contribution in [0.3, 0.4) is 0 Å². The average Bonchev–Trinajstić information content (AvgIpc) is 3.12. The molecule has 1 fully saturated rings. The number of nitrogens with one attached hydrogen (secondary N) is 1. The van der Waals surface area contributed by atoms with Crippen LogP contribution < -0.4 is 5.32 Å². The zero-order chi connectivity index (χ0) is 14.2. The van der Waals surface area contributed by atoms with Gasteiger partial charge >= 0.3 is 0 Å². The lowest BCUT2D eigenvalue weighted by atomic mass is 10.1. The molecule has 4 nitrogen and oxygen atoms in total. The molecule has 1 N–H and O–H groups in total. The lowest BCUT2D eigenvalue weighted by Crippen LogP contribution is -2.36. The van der Waals surface area contributed by atoms with E-state index < -0.39 is 0 Å². The first-order valence-electron chi connectivity index (χ1n) is 8.18. The highest BCUT2D eigenvalue weighted by molar-refractivity contribution is 5.03. The van der Waals surface area contributed by atoms with E-state index in [1.165, 1.54) is 31.4 Å². The maximum atomic E-state index is 5.57. The molecular weight excluding hydrogens is 250 g/mol. The standard InChI is InChI=1S/C16H29N3O/c1-3-10-17-15(13-20-4-2)12-14-9-11-19(18-14)16-7-5-6-8-16/h9,11,15-17H,3-8,10,12-13H2,1-2H3. The second kappa shape index (κ2) is 8.42. The van der Waals surface area contributed by atoms with Gasteiger partial charge < -0.3 is 10.1 Å². The molecule has 2 rings (SSSR count). The maximum absolute atomic E-state index is 5.57. The van der Waals surface area contributed by atoms with Gasteiger partial charge in [0, 0.05) is 25.3 Å². The third-order valence-electron chi connectivity index (χ3n) is 4.02. The van der Waals surface area contributed by atoms with Gasteiger partial charge in [0.15, 0.2) is 0 Å². The van der Waals surface area contributed by atoms with Crippen molar-refractivity contribution >= 4 is 0 Å². The van der Waals surface area contributed by atoms with E-state index in [1.54, 1.807) is 0 Å². The molecule has 114 valence electrons. The largest absolute Gasteiger partial charge is 0.380 e. The van der Waals surface area contributed by atoms with Crippen LogP contribution in [0.15, 0.2) is 12.3 Å². The Labute approximate surface area is 122 Å². The molecule has 0 amide bonds. The number of hydrogen-bond acceptors (Lipinski definition) is 3. The van der Waals surface area contributed by atoms with E-state index in [4.69, 9.17) is 9.84 Å². The minimum Gasteiger partial charge on any atom is -0.380 e. The number of hydrogen-bond donors (Lipinski definition) is 1. The van der Waals surface area contributed by atoms with Crippen LogP contribution in [0.5, 0.6) is 0 Å². The predicted octanol–water partition coefficient (Wildman–Crippen LogP) is 2.95. The first kappa shape index (κ1) is 15.5. The predicted molar refractivity (Wildman–Crippen MR) is 82.0 cm³/mol. The SMILES string of the molecule is CCCNC(COCC)Cc1ccn(C2CCCC2)n1. The summed E-state index contributed by atoms with van der Waals surface area (Å²) in [5, 5.41) is 8.33. The van der Waals surface area contributed by atoms with Crippen molar-refractivity contribution in [2.45, 2.75) is 64.5 Å². The summed E-state index contributed by atoms with van der Waals surface area (Å²) in [6.45, 7) is 6.83. The van der Waals surface area contributed by atoms with Gasteiger partial charge in [0.2, 0.25) is 0 Å². The second-order valence-electron chi connectivity index (χ2n) is 5.74. The van der Waals surface area contributed by atoms with E-state index >= 15 is 0 Å². The summed E-state index contributed by atoms with van der Waals surface area (Å²) in [6, 6.07) is 3.18. The first-order chi connectivity index (χ1) is 9.83. The topological polar surface area (TPSA) is 39.1 Å². The van der Waals surface area contributed by atoms with E-state index in [1.807, 2.05) is 6.92 Å². The van der Waals surface area contributed by atoms with Gasteiger partial charge in [-0.3, -0.25) is 4.68 Å². The molecule has 0 aromatic carbocycles. The van der Waals surface area contributed by atoms with Gasteiger partial charge in [0.1, 0.15) is 0 Å². The summed E-state index contributed by atoms with van der Waals surface area (Å²) in [6.07, 6.45) is 9.55. The summed E-state index contributed by atoms with van der Waals surface area (Å²) in [4.78, 5) is 0. The lowest BCUT2D eigenvalue weighted by molar-refractivity contribution is 0.122. The van der Waals surface area contributed by atoms with Crippen LogP contribution in [0.4, 0.5) is 0 Å². The van der Waals surface area contributed by atoms with Crippen LogP contribution in [-0.2, 0) is 11.2 Å². The Balaban J connectivity index is 1.87. The molecule has 0 saturated heterocycles. The van der Waals surface area contributed by atoms with Gasteiger partial charge in [-0.25, -0.2) is 0 Å². The van der Waals surface area contributed by atoms with E-state index in [2.05, 4.69) is 29.2 Å². The molecule has 1 unspecified atom stereocenters. The van der Waals surface area contributed by atoms with Crippen molar-refractivity contribution in [3.05, 3.63) is 18.0 Å². The Morgan fingerprint density at radius 3 is 2.90 bits per heavy atom. The van der Waals surface area contributed by atoms with Crippen molar-refractivity contribution in [3.8, 4) is 0 Å². The molecular formula is C16H29N3O. The molecule has 0 bridgehead atoms. The van der Waals surface area contributed by atoms with Crippen molar-refractivity contribution in [1.82, 2.24) is 15.1 Å². The molecule has 1 atom stereocenters. The fourth-order valence-electron chi connectivity index (χ4n) is 2.91. The fourth-order valence-corrected chi connectivity index (χ4v) is 2.91. The zero-order valence-corrected chi connectivity index (χ0v) is 13.0. The summed E-state index contributed by atoms with van der Waals surface area (Å²) < 4.78 is 7.75. The highest BCUT2D eigenvalue weighted by Crippen LogP contribution is 2.28. The quantitative estimate of drug-likeness (QED) is 0.755. The Morgan fingerprint density at radius 1 is 1.40 bits per heavy atom. The molecule has 4 heteroatoms. The minimum atomic E-state index is 0.377. The van der Waals surface area contributed by atoms with Crippen LogP contribution >= 0.6 is 0 Å². The zero-order valence-electron chi connectivity index (χ0n) is 13.0. The number of rotatable bonds is 9. The Morgan fingerprint density at radius 2 is 2.20 bits per heavy atom. The molecule has 1 aliphatic rings. The molecule has 0 spiro atoms. The van der Waals surface area contributed by atoms with Crippen LogP contribution in [0.1, 0.15) is 57.7 Å². The van der Waals surface area contributed by atoms with Crippen LogP contribution in [0.25, 0.3) is 0 Å². The molecule has 1 aromatic heterocycles. The van der Waals surface area contributed by atoms with Crippen LogP contribution in [0.2, 0.25) is 0 Å². The van der Waals surface area contributed by atoms with Crippen molar-refractivity contribution in [3.63, 3.8) is 0 Å². The monoisotopic (exact) mass is 279 g/mol. The van der Waals surface area contributed by atoms with Gasteiger partial charge in [-0.15, -0.1) is 0 Å². The van der Waals surface area contributed by atoms with Gasteiger partial charge in [-0.1, -0.05) is 19.8 Å². The molecule has 1 aromatic rings. The van der Waals surface area contributed by atoms with E-state index in [0.29, 0.717) is 12.1 Å². The summed E-state index contributed by atoms with van der Waals surface area (Å²) in [5.74, 6) is 0. The highest BCUT2D eigenvalue weighted by Gasteiger charge is 2.18. The molecule has 0 aliphatic heterocycles. The number of aromatic nitrogens is 2. The van der Waals surface area contributed by atoms with Gasteiger partial charge in [-0.2, -0.15) is 5.10 Å². The normalized spacial score (nSPS) is 17.7. The third kappa shape index (κ3) is 4.60. The van der Waals surface area contributed by atoms with Crippen molar-refractivity contribution in [2.75, 3.05) is 19.8 Å². The van der Waals surface area contributed by atoms with Crippen LogP contribution in [-0.4, -0.2) is 35.6 Å². The molecule has 1 heterocycles. The van der Waals surface area contributed by atoms with E-state index in [9.17, 15) is 0 Å². The smallest absolute Gasteiger partial charge is 0.0641 e. The summed E-state index contributed by atoms with van der Waals surface area (Å²) in [7, 11) is 0. The van der Waals surface area contributed by atoms with E-state index in [-0.39, 0.29) is 0 Å². The fraction of sp³-hybridized carbons (Fsp3) is 0.812.